The van der Waals surface area contributed by atoms with Gasteiger partial charge in [-0.25, -0.2) is 8.42 Å². The Balaban J connectivity index is 1.83. The summed E-state index contributed by atoms with van der Waals surface area (Å²) in [5.41, 5.74) is 4.96. The number of hydrogen-bond donors (Lipinski definition) is 1. The second-order valence-electron chi connectivity index (χ2n) is 11.7. The van der Waals surface area contributed by atoms with Crippen LogP contribution in [-0.2, 0) is 39.0 Å². The second-order valence-corrected chi connectivity index (χ2v) is 13.5. The molecule has 7 nitrogen and oxygen atoms in total. The number of para-hydroxylation sites is 1. The van der Waals surface area contributed by atoms with E-state index in [0.29, 0.717) is 12.1 Å². The second kappa shape index (κ2) is 15.0. The summed E-state index contributed by atoms with van der Waals surface area (Å²) in [6, 6.07) is 30.2. The number of benzene rings is 4. The highest BCUT2D eigenvalue weighted by Crippen LogP contribution is 2.29. The van der Waals surface area contributed by atoms with Crippen molar-refractivity contribution in [2.45, 2.75) is 71.0 Å². The van der Waals surface area contributed by atoms with Crippen molar-refractivity contribution in [1.29, 1.82) is 0 Å². The molecular weight excluding hydrogens is 582 g/mol. The first-order valence-electron chi connectivity index (χ1n) is 15.4. The van der Waals surface area contributed by atoms with Gasteiger partial charge in [0.15, 0.2) is 0 Å². The molecule has 0 aliphatic heterocycles. The molecule has 4 aromatic rings. The maximum atomic E-state index is 14.6. The molecule has 0 saturated carbocycles. The Labute approximate surface area is 268 Å². The van der Waals surface area contributed by atoms with E-state index in [4.69, 9.17) is 0 Å². The number of nitrogens with zero attached hydrogens (tertiary/aromatic N) is 2. The molecule has 45 heavy (non-hydrogen) atoms. The minimum Gasteiger partial charge on any atom is -0.352 e. The first-order chi connectivity index (χ1) is 21.5. The van der Waals surface area contributed by atoms with Crippen molar-refractivity contribution >= 4 is 27.5 Å². The van der Waals surface area contributed by atoms with Gasteiger partial charge >= 0.3 is 0 Å². The minimum atomic E-state index is -4.15. The number of carbonyl (C=O) groups excluding carboxylic acids is 2. The number of anilines is 1. The molecule has 0 aliphatic rings. The summed E-state index contributed by atoms with van der Waals surface area (Å²) in [5, 5.41) is 2.99. The molecule has 0 aromatic heterocycles. The Hall–Kier alpha value is -4.43. The van der Waals surface area contributed by atoms with Crippen LogP contribution in [0.1, 0.15) is 48.6 Å². The van der Waals surface area contributed by atoms with Crippen LogP contribution in [0.25, 0.3) is 0 Å². The van der Waals surface area contributed by atoms with Gasteiger partial charge in [0.2, 0.25) is 11.8 Å². The lowest BCUT2D eigenvalue weighted by atomic mass is 10.0. The molecule has 8 heteroatoms. The van der Waals surface area contributed by atoms with Crippen LogP contribution in [0.3, 0.4) is 0 Å². The van der Waals surface area contributed by atoms with E-state index in [0.717, 1.165) is 27.8 Å². The van der Waals surface area contributed by atoms with Gasteiger partial charge in [0.25, 0.3) is 10.0 Å². The lowest BCUT2D eigenvalue weighted by Gasteiger charge is -2.34. The average molecular weight is 626 g/mol. The normalized spacial score (nSPS) is 12.0. The van der Waals surface area contributed by atoms with Gasteiger partial charge in [0.05, 0.1) is 10.6 Å². The first kappa shape index (κ1) is 33.5. The van der Waals surface area contributed by atoms with Gasteiger partial charge in [0.1, 0.15) is 12.6 Å². The number of sulfonamides is 1. The molecule has 0 heterocycles. The third-order valence-electron chi connectivity index (χ3n) is 7.70. The highest BCUT2D eigenvalue weighted by atomic mass is 32.2. The summed E-state index contributed by atoms with van der Waals surface area (Å²) in [4.78, 5) is 30.0. The number of rotatable bonds is 13. The average Bonchev–Trinajstić information content (AvgIpc) is 3.02. The molecule has 4 aromatic carbocycles. The standard InChI is InChI=1S/C37H43N3O4S/c1-6-32-14-10-11-15-34(32)40(45(43,44)33-22-18-29(5)19-23-33)26-36(41)39(25-31-20-16-28(4)17-21-31)35(37(42)38-27(2)3)24-30-12-8-7-9-13-30/h7-23,27,35H,6,24-26H2,1-5H3,(H,38,42)/t35-/m0/s1. The van der Waals surface area contributed by atoms with Crippen LogP contribution >= 0.6 is 0 Å². The van der Waals surface area contributed by atoms with E-state index in [2.05, 4.69) is 5.32 Å². The van der Waals surface area contributed by atoms with E-state index in [1.807, 2.05) is 101 Å². The SMILES string of the molecule is CCc1ccccc1N(CC(=O)N(Cc1ccc(C)cc1)[C@@H](Cc1ccccc1)C(=O)NC(C)C)S(=O)(=O)c1ccc(C)cc1. The lowest BCUT2D eigenvalue weighted by Crippen LogP contribution is -2.54. The molecule has 1 N–H and O–H groups in total. The molecular formula is C37H43N3O4S. The number of nitrogens with one attached hydrogen (secondary N) is 1. The number of aryl methyl sites for hydroxylation is 3. The van der Waals surface area contributed by atoms with Gasteiger partial charge in [-0.1, -0.05) is 103 Å². The summed E-state index contributed by atoms with van der Waals surface area (Å²) in [6.45, 7) is 9.24. The Kier molecular flexibility index (Phi) is 11.2. The highest BCUT2D eigenvalue weighted by molar-refractivity contribution is 7.92. The van der Waals surface area contributed by atoms with E-state index in [9.17, 15) is 18.0 Å². The van der Waals surface area contributed by atoms with E-state index in [1.165, 1.54) is 9.21 Å². The molecule has 4 rings (SSSR count). The van der Waals surface area contributed by atoms with Crippen LogP contribution in [0.5, 0.6) is 0 Å². The monoisotopic (exact) mass is 625 g/mol. The van der Waals surface area contributed by atoms with E-state index in [-0.39, 0.29) is 29.8 Å². The van der Waals surface area contributed by atoms with E-state index >= 15 is 0 Å². The van der Waals surface area contributed by atoms with Crippen molar-refractivity contribution in [2.75, 3.05) is 10.8 Å². The molecule has 2 amide bonds. The Morgan fingerprint density at radius 3 is 1.93 bits per heavy atom. The molecule has 0 aliphatic carbocycles. The van der Waals surface area contributed by atoms with Crippen molar-refractivity contribution in [1.82, 2.24) is 10.2 Å². The Morgan fingerprint density at radius 1 is 0.756 bits per heavy atom. The molecule has 0 radical (unpaired) electrons. The van der Waals surface area contributed by atoms with Gasteiger partial charge < -0.3 is 10.2 Å². The topological polar surface area (TPSA) is 86.8 Å². The van der Waals surface area contributed by atoms with E-state index < -0.39 is 28.5 Å². The zero-order valence-corrected chi connectivity index (χ0v) is 27.6. The number of carbonyl (C=O) groups is 2. The summed E-state index contributed by atoms with van der Waals surface area (Å²) >= 11 is 0. The van der Waals surface area contributed by atoms with Crippen LogP contribution in [0, 0.1) is 13.8 Å². The summed E-state index contributed by atoms with van der Waals surface area (Å²) in [7, 11) is -4.15. The summed E-state index contributed by atoms with van der Waals surface area (Å²) in [5.74, 6) is -0.770. The van der Waals surface area contributed by atoms with Crippen LogP contribution in [-0.4, -0.2) is 43.8 Å². The van der Waals surface area contributed by atoms with Crippen molar-refractivity contribution in [2.24, 2.45) is 0 Å². The number of hydrogen-bond acceptors (Lipinski definition) is 4. The third-order valence-corrected chi connectivity index (χ3v) is 9.48. The molecule has 0 bridgehead atoms. The smallest absolute Gasteiger partial charge is 0.264 e. The highest BCUT2D eigenvalue weighted by Gasteiger charge is 2.35. The Morgan fingerprint density at radius 2 is 1.33 bits per heavy atom. The zero-order valence-electron chi connectivity index (χ0n) is 26.7. The maximum absolute atomic E-state index is 14.6. The Bertz CT molecular complexity index is 1690. The lowest BCUT2D eigenvalue weighted by molar-refractivity contribution is -0.140. The fourth-order valence-corrected chi connectivity index (χ4v) is 6.68. The molecule has 236 valence electrons. The fourth-order valence-electron chi connectivity index (χ4n) is 5.23. The largest absolute Gasteiger partial charge is 0.352 e. The zero-order chi connectivity index (χ0) is 32.6. The quantitative estimate of drug-likeness (QED) is 0.191. The fraction of sp³-hybridized carbons (Fsp3) is 0.297. The molecule has 0 unspecified atom stereocenters. The minimum absolute atomic E-state index is 0.0928. The summed E-state index contributed by atoms with van der Waals surface area (Å²) in [6.07, 6.45) is 0.845. The van der Waals surface area contributed by atoms with Gasteiger partial charge in [-0.05, 0) is 69.0 Å². The molecule has 0 spiro atoms. The van der Waals surface area contributed by atoms with Crippen LogP contribution in [0.2, 0.25) is 0 Å². The molecule has 1 atom stereocenters. The van der Waals surface area contributed by atoms with Crippen molar-refractivity contribution in [3.63, 3.8) is 0 Å². The predicted molar refractivity (Wildman–Crippen MR) is 180 cm³/mol. The van der Waals surface area contributed by atoms with Crippen LogP contribution in [0.4, 0.5) is 5.69 Å². The van der Waals surface area contributed by atoms with Gasteiger partial charge in [-0.15, -0.1) is 0 Å². The van der Waals surface area contributed by atoms with Crippen molar-refractivity contribution in [3.8, 4) is 0 Å². The van der Waals surface area contributed by atoms with E-state index in [1.54, 1.807) is 36.4 Å². The van der Waals surface area contributed by atoms with Crippen LogP contribution < -0.4 is 9.62 Å². The van der Waals surface area contributed by atoms with Crippen molar-refractivity contribution < 1.29 is 18.0 Å². The van der Waals surface area contributed by atoms with Crippen molar-refractivity contribution in [3.05, 3.63) is 131 Å². The van der Waals surface area contributed by atoms with Gasteiger partial charge in [-0.2, -0.15) is 0 Å². The van der Waals surface area contributed by atoms with Gasteiger partial charge in [0, 0.05) is 19.0 Å². The first-order valence-corrected chi connectivity index (χ1v) is 16.8. The molecule has 0 saturated heterocycles. The summed E-state index contributed by atoms with van der Waals surface area (Å²) < 4.78 is 29.8. The predicted octanol–water partition coefficient (Wildman–Crippen LogP) is 6.23. The van der Waals surface area contributed by atoms with Gasteiger partial charge in [-0.3, -0.25) is 13.9 Å². The maximum Gasteiger partial charge on any atom is 0.264 e. The number of amides is 2. The van der Waals surface area contributed by atoms with Crippen LogP contribution in [0.15, 0.2) is 108 Å². The molecule has 0 fully saturated rings. The third kappa shape index (κ3) is 8.60.